The molecular formula is C24H24ClFN2O2S. The maximum atomic E-state index is 13.9. The van der Waals surface area contributed by atoms with Gasteiger partial charge < -0.3 is 9.64 Å². The summed E-state index contributed by atoms with van der Waals surface area (Å²) >= 11 is 7.44. The molecule has 1 aliphatic carbocycles. The molecule has 0 atom stereocenters. The zero-order valence-electron chi connectivity index (χ0n) is 17.2. The Morgan fingerprint density at radius 3 is 2.52 bits per heavy atom. The molecule has 5 rings (SSSR count). The minimum atomic E-state index is -0.428. The van der Waals surface area contributed by atoms with Gasteiger partial charge in [-0.1, -0.05) is 54.0 Å². The number of nitrogens with zero attached hydrogens (tertiary/aromatic N) is 2. The molecule has 7 heteroatoms. The minimum absolute atomic E-state index is 0.0114. The van der Waals surface area contributed by atoms with Gasteiger partial charge in [0.2, 0.25) is 5.91 Å². The van der Waals surface area contributed by atoms with Crippen LogP contribution in [0.3, 0.4) is 0 Å². The van der Waals surface area contributed by atoms with E-state index in [1.807, 2.05) is 35.2 Å². The Hall–Kier alpha value is -2.18. The van der Waals surface area contributed by atoms with Gasteiger partial charge in [-0.3, -0.25) is 4.79 Å². The molecule has 0 unspecified atom stereocenters. The molecule has 0 bridgehead atoms. The number of amides is 1. The van der Waals surface area contributed by atoms with Gasteiger partial charge in [-0.05, 0) is 42.7 Å². The van der Waals surface area contributed by atoms with Crippen LogP contribution >= 0.6 is 22.9 Å². The summed E-state index contributed by atoms with van der Waals surface area (Å²) in [6, 6.07) is 12.7. The van der Waals surface area contributed by atoms with Crippen molar-refractivity contribution in [3.63, 3.8) is 0 Å². The number of rotatable bonds is 4. The van der Waals surface area contributed by atoms with Crippen molar-refractivity contribution in [2.75, 3.05) is 13.1 Å². The van der Waals surface area contributed by atoms with Gasteiger partial charge in [-0.2, -0.15) is 4.98 Å². The fourth-order valence-corrected chi connectivity index (χ4v) is 5.96. The van der Waals surface area contributed by atoms with E-state index in [-0.39, 0.29) is 17.8 Å². The first-order chi connectivity index (χ1) is 15.0. The fourth-order valence-electron chi connectivity index (χ4n) is 4.94. The average Bonchev–Trinajstić information content (AvgIpc) is 3.43. The summed E-state index contributed by atoms with van der Waals surface area (Å²) in [5.41, 5.74) is 1.01. The van der Waals surface area contributed by atoms with E-state index < -0.39 is 5.41 Å². The van der Waals surface area contributed by atoms with Crippen molar-refractivity contribution in [3.05, 3.63) is 58.9 Å². The Bertz CT molecular complexity index is 1090. The molecule has 1 saturated carbocycles. The number of halogens is 2. The lowest BCUT2D eigenvalue weighted by Crippen LogP contribution is -2.50. The molecule has 2 aromatic carbocycles. The monoisotopic (exact) mass is 458 g/mol. The molecular weight excluding hydrogens is 435 g/mol. The van der Waals surface area contributed by atoms with E-state index in [1.54, 1.807) is 6.07 Å². The number of para-hydroxylation sites is 1. The number of carbonyl (C=O) groups excluding carboxylic acids is 1. The number of hydrogen-bond donors (Lipinski definition) is 0. The van der Waals surface area contributed by atoms with Gasteiger partial charge >= 0.3 is 0 Å². The van der Waals surface area contributed by atoms with Crippen molar-refractivity contribution in [3.8, 4) is 5.19 Å². The smallest absolute Gasteiger partial charge is 0.274 e. The van der Waals surface area contributed by atoms with Gasteiger partial charge in [0.15, 0.2) is 0 Å². The number of benzene rings is 2. The predicted molar refractivity (Wildman–Crippen MR) is 121 cm³/mol. The Morgan fingerprint density at radius 2 is 1.84 bits per heavy atom. The quantitative estimate of drug-likeness (QED) is 0.483. The highest BCUT2D eigenvalue weighted by Gasteiger charge is 2.45. The lowest BCUT2D eigenvalue weighted by molar-refractivity contribution is -0.139. The highest BCUT2D eigenvalue weighted by molar-refractivity contribution is 7.20. The molecule has 1 aliphatic heterocycles. The van der Waals surface area contributed by atoms with Crippen LogP contribution in [0.2, 0.25) is 5.02 Å². The van der Waals surface area contributed by atoms with Crippen molar-refractivity contribution >= 4 is 39.1 Å². The molecule has 2 fully saturated rings. The Kier molecular flexibility index (Phi) is 5.61. The minimum Gasteiger partial charge on any atom is -0.467 e. The molecule has 0 radical (unpaired) electrons. The summed E-state index contributed by atoms with van der Waals surface area (Å²) in [5, 5.41) is 1.19. The lowest BCUT2D eigenvalue weighted by atomic mass is 9.77. The Morgan fingerprint density at radius 1 is 1.13 bits per heavy atom. The summed E-state index contributed by atoms with van der Waals surface area (Å²) in [6.45, 7) is 1.33. The van der Waals surface area contributed by atoms with Gasteiger partial charge in [0.1, 0.15) is 17.4 Å². The van der Waals surface area contributed by atoms with Crippen molar-refractivity contribution in [1.29, 1.82) is 0 Å². The van der Waals surface area contributed by atoms with Crippen LogP contribution in [-0.4, -0.2) is 35.0 Å². The van der Waals surface area contributed by atoms with Crippen LogP contribution in [0.4, 0.5) is 4.39 Å². The lowest BCUT2D eigenvalue weighted by Gasteiger charge is -2.38. The number of carbonyl (C=O) groups is 1. The van der Waals surface area contributed by atoms with E-state index in [9.17, 15) is 9.18 Å². The van der Waals surface area contributed by atoms with Crippen LogP contribution in [0.5, 0.6) is 5.19 Å². The number of aromatic nitrogens is 1. The summed E-state index contributed by atoms with van der Waals surface area (Å²) in [7, 11) is 0. The number of ether oxygens (including phenoxy) is 1. The molecule has 4 nitrogen and oxygen atoms in total. The first kappa shape index (κ1) is 20.7. The predicted octanol–water partition coefficient (Wildman–Crippen LogP) is 5.97. The molecule has 31 heavy (non-hydrogen) atoms. The second-order valence-corrected chi connectivity index (χ2v) is 9.90. The molecule has 0 N–H and O–H groups in total. The third kappa shape index (κ3) is 3.92. The number of piperidine rings is 1. The van der Waals surface area contributed by atoms with Crippen molar-refractivity contribution in [2.45, 2.75) is 50.0 Å². The summed E-state index contributed by atoms with van der Waals surface area (Å²) in [4.78, 5) is 19.9. The normalized spacial score (nSPS) is 19.1. The van der Waals surface area contributed by atoms with Crippen LogP contribution in [0.25, 0.3) is 10.2 Å². The second kappa shape index (κ2) is 8.40. The van der Waals surface area contributed by atoms with Crippen molar-refractivity contribution < 1.29 is 13.9 Å². The van der Waals surface area contributed by atoms with E-state index in [0.717, 1.165) is 48.8 Å². The zero-order chi connectivity index (χ0) is 21.4. The molecule has 1 aromatic heterocycles. The first-order valence-electron chi connectivity index (χ1n) is 10.8. The average molecular weight is 459 g/mol. The summed E-state index contributed by atoms with van der Waals surface area (Å²) < 4.78 is 20.7. The van der Waals surface area contributed by atoms with E-state index >= 15 is 0 Å². The van der Waals surface area contributed by atoms with Crippen LogP contribution in [0.15, 0.2) is 42.5 Å². The fraction of sp³-hybridized carbons (Fsp3) is 0.417. The number of hydrogen-bond acceptors (Lipinski definition) is 4. The van der Waals surface area contributed by atoms with Crippen molar-refractivity contribution in [2.24, 2.45) is 0 Å². The highest BCUT2D eigenvalue weighted by Crippen LogP contribution is 2.43. The molecule has 2 aliphatic rings. The molecule has 2 heterocycles. The number of likely N-dealkylation sites (tertiary alicyclic amines) is 1. The van der Waals surface area contributed by atoms with Gasteiger partial charge in [0.25, 0.3) is 5.19 Å². The third-order valence-electron chi connectivity index (χ3n) is 6.61. The Balaban J connectivity index is 1.26. The SMILES string of the molecule is O=C(N1CCC(Oc2nc3c(F)cccc3s2)CC1)C1(c2ccc(Cl)cc2)CCCC1. The Labute approximate surface area is 190 Å². The first-order valence-corrected chi connectivity index (χ1v) is 12.0. The largest absolute Gasteiger partial charge is 0.467 e. The maximum Gasteiger partial charge on any atom is 0.274 e. The van der Waals surface area contributed by atoms with Crippen LogP contribution in [0, 0.1) is 5.82 Å². The molecule has 0 spiro atoms. The zero-order valence-corrected chi connectivity index (χ0v) is 18.7. The van der Waals surface area contributed by atoms with E-state index in [1.165, 1.54) is 17.4 Å². The van der Waals surface area contributed by atoms with Gasteiger partial charge in [-0.25, -0.2) is 4.39 Å². The van der Waals surface area contributed by atoms with Crippen LogP contribution in [0.1, 0.15) is 44.1 Å². The van der Waals surface area contributed by atoms with E-state index in [2.05, 4.69) is 4.98 Å². The van der Waals surface area contributed by atoms with E-state index in [0.29, 0.717) is 28.8 Å². The summed E-state index contributed by atoms with van der Waals surface area (Å²) in [6.07, 6.45) is 5.41. The van der Waals surface area contributed by atoms with E-state index in [4.69, 9.17) is 16.3 Å². The summed E-state index contributed by atoms with van der Waals surface area (Å²) in [5.74, 6) is -0.0964. The van der Waals surface area contributed by atoms with Gasteiger partial charge in [0, 0.05) is 31.0 Å². The molecule has 1 saturated heterocycles. The van der Waals surface area contributed by atoms with Gasteiger partial charge in [-0.15, -0.1) is 0 Å². The number of fused-ring (bicyclic) bond motifs is 1. The maximum absolute atomic E-state index is 13.9. The molecule has 3 aromatic rings. The number of thiazole rings is 1. The van der Waals surface area contributed by atoms with Gasteiger partial charge in [0.05, 0.1) is 10.1 Å². The third-order valence-corrected chi connectivity index (χ3v) is 7.77. The van der Waals surface area contributed by atoms with Crippen LogP contribution < -0.4 is 4.74 Å². The highest BCUT2D eigenvalue weighted by atomic mass is 35.5. The molecule has 162 valence electrons. The topological polar surface area (TPSA) is 42.4 Å². The van der Waals surface area contributed by atoms with Crippen molar-refractivity contribution in [1.82, 2.24) is 9.88 Å². The molecule has 1 amide bonds. The second-order valence-electron chi connectivity index (χ2n) is 8.47. The van der Waals surface area contributed by atoms with Crippen LogP contribution in [-0.2, 0) is 10.2 Å². The standard InChI is InChI=1S/C24H24ClFN2O2S/c25-17-8-6-16(7-9-17)24(12-1-2-13-24)22(29)28-14-10-18(11-15-28)30-23-27-21-19(26)4-3-5-20(21)31-23/h3-9,18H,1-2,10-15H2.